The largest absolute Gasteiger partial charge is 0.573 e. The number of ether oxygens (including phenoxy) is 1. The Morgan fingerprint density at radius 1 is 1.14 bits per heavy atom. The summed E-state index contributed by atoms with van der Waals surface area (Å²) in [6, 6.07) is 5.47. The molecule has 0 aliphatic heterocycles. The maximum atomic E-state index is 11.8. The zero-order valence-electron chi connectivity index (χ0n) is 6.84. The SMILES string of the molecule is FC(F)(F)Oc1ccc2occc2c1. The van der Waals surface area contributed by atoms with Crippen molar-refractivity contribution in [2.45, 2.75) is 6.36 Å². The lowest BCUT2D eigenvalue weighted by Gasteiger charge is -2.07. The van der Waals surface area contributed by atoms with Crippen LogP contribution >= 0.6 is 0 Å². The van der Waals surface area contributed by atoms with Gasteiger partial charge in [0, 0.05) is 5.39 Å². The van der Waals surface area contributed by atoms with Gasteiger partial charge in [-0.05, 0) is 24.3 Å². The highest BCUT2D eigenvalue weighted by molar-refractivity contribution is 5.78. The molecule has 1 aromatic carbocycles. The molecule has 0 bridgehead atoms. The van der Waals surface area contributed by atoms with Crippen LogP contribution in [0.4, 0.5) is 13.2 Å². The zero-order valence-corrected chi connectivity index (χ0v) is 6.84. The highest BCUT2D eigenvalue weighted by Gasteiger charge is 2.31. The molecule has 0 unspecified atom stereocenters. The molecule has 1 heterocycles. The number of hydrogen-bond acceptors (Lipinski definition) is 2. The van der Waals surface area contributed by atoms with Crippen molar-refractivity contribution in [2.75, 3.05) is 0 Å². The number of fused-ring (bicyclic) bond motifs is 1. The van der Waals surface area contributed by atoms with Crippen molar-refractivity contribution in [3.8, 4) is 5.75 Å². The summed E-state index contributed by atoms with van der Waals surface area (Å²) in [4.78, 5) is 0. The molecule has 0 spiro atoms. The lowest BCUT2D eigenvalue weighted by Crippen LogP contribution is -2.16. The van der Waals surface area contributed by atoms with Gasteiger partial charge >= 0.3 is 6.36 Å². The van der Waals surface area contributed by atoms with Crippen LogP contribution in [0.25, 0.3) is 11.0 Å². The van der Waals surface area contributed by atoms with Gasteiger partial charge in [0.15, 0.2) is 0 Å². The van der Waals surface area contributed by atoms with Gasteiger partial charge < -0.3 is 9.15 Å². The second-order valence-corrected chi connectivity index (χ2v) is 2.67. The molecule has 74 valence electrons. The van der Waals surface area contributed by atoms with Gasteiger partial charge in [-0.1, -0.05) is 0 Å². The monoisotopic (exact) mass is 202 g/mol. The first kappa shape index (κ1) is 8.93. The van der Waals surface area contributed by atoms with E-state index in [2.05, 4.69) is 4.74 Å². The fourth-order valence-electron chi connectivity index (χ4n) is 1.14. The van der Waals surface area contributed by atoms with Crippen molar-refractivity contribution in [1.29, 1.82) is 0 Å². The van der Waals surface area contributed by atoms with Gasteiger partial charge in [0.1, 0.15) is 11.3 Å². The van der Waals surface area contributed by atoms with Crippen LogP contribution in [0.5, 0.6) is 5.75 Å². The minimum absolute atomic E-state index is 0.244. The van der Waals surface area contributed by atoms with Crippen LogP contribution in [0.1, 0.15) is 0 Å². The average molecular weight is 202 g/mol. The molecular formula is C9H5F3O2. The van der Waals surface area contributed by atoms with Crippen LogP contribution in [-0.2, 0) is 0 Å². The van der Waals surface area contributed by atoms with Gasteiger partial charge in [0.05, 0.1) is 6.26 Å². The number of rotatable bonds is 1. The maximum Gasteiger partial charge on any atom is 0.573 e. The maximum absolute atomic E-state index is 11.8. The second kappa shape index (κ2) is 2.94. The van der Waals surface area contributed by atoms with E-state index >= 15 is 0 Å². The fraction of sp³-hybridized carbons (Fsp3) is 0.111. The van der Waals surface area contributed by atoms with Crippen LogP contribution in [0.15, 0.2) is 34.9 Å². The molecule has 0 aliphatic rings. The van der Waals surface area contributed by atoms with Crippen LogP contribution < -0.4 is 4.74 Å². The van der Waals surface area contributed by atoms with Gasteiger partial charge in [-0.25, -0.2) is 0 Å². The Morgan fingerprint density at radius 2 is 1.93 bits per heavy atom. The third kappa shape index (κ3) is 1.81. The van der Waals surface area contributed by atoms with Crippen LogP contribution in [-0.4, -0.2) is 6.36 Å². The highest BCUT2D eigenvalue weighted by Crippen LogP contribution is 2.26. The Kier molecular flexibility index (Phi) is 1.87. The number of halogens is 3. The summed E-state index contributed by atoms with van der Waals surface area (Å²) < 4.78 is 44.2. The molecule has 2 rings (SSSR count). The standard InChI is InChI=1S/C9H5F3O2/c10-9(11,12)14-7-1-2-8-6(5-7)3-4-13-8/h1-5H. The zero-order chi connectivity index (χ0) is 10.2. The van der Waals surface area contributed by atoms with Crippen LogP contribution in [0.2, 0.25) is 0 Å². The summed E-state index contributed by atoms with van der Waals surface area (Å²) in [6.07, 6.45) is -3.25. The number of benzene rings is 1. The Labute approximate surface area is 76.9 Å². The van der Waals surface area contributed by atoms with E-state index in [-0.39, 0.29) is 5.75 Å². The van der Waals surface area contributed by atoms with Crippen LogP contribution in [0, 0.1) is 0 Å². The summed E-state index contributed by atoms with van der Waals surface area (Å²) >= 11 is 0. The topological polar surface area (TPSA) is 22.4 Å². The summed E-state index contributed by atoms with van der Waals surface area (Å²) in [5, 5.41) is 0.576. The molecular weight excluding hydrogens is 197 g/mol. The third-order valence-corrected chi connectivity index (χ3v) is 1.66. The summed E-state index contributed by atoms with van der Waals surface area (Å²) in [5.74, 6) is -0.244. The lowest BCUT2D eigenvalue weighted by atomic mass is 10.2. The van der Waals surface area contributed by atoms with Crippen molar-refractivity contribution in [2.24, 2.45) is 0 Å². The minimum atomic E-state index is -4.66. The number of furan rings is 1. The molecule has 1 aromatic heterocycles. The van der Waals surface area contributed by atoms with E-state index in [0.717, 1.165) is 0 Å². The molecule has 0 saturated carbocycles. The van der Waals surface area contributed by atoms with Gasteiger partial charge in [0.25, 0.3) is 0 Å². The molecule has 0 amide bonds. The summed E-state index contributed by atoms with van der Waals surface area (Å²) in [6.45, 7) is 0. The van der Waals surface area contributed by atoms with Crippen molar-refractivity contribution in [3.63, 3.8) is 0 Å². The van der Waals surface area contributed by atoms with Crippen molar-refractivity contribution < 1.29 is 22.3 Å². The van der Waals surface area contributed by atoms with Gasteiger partial charge in [-0.2, -0.15) is 0 Å². The second-order valence-electron chi connectivity index (χ2n) is 2.67. The normalized spacial score (nSPS) is 11.9. The molecule has 5 heteroatoms. The van der Waals surface area contributed by atoms with Crippen molar-refractivity contribution in [3.05, 3.63) is 30.5 Å². The molecule has 0 saturated heterocycles. The number of alkyl halides is 3. The molecule has 2 aromatic rings. The first-order chi connectivity index (χ1) is 6.54. The molecule has 0 aliphatic carbocycles. The summed E-state index contributed by atoms with van der Waals surface area (Å²) in [5.41, 5.74) is 0.527. The van der Waals surface area contributed by atoms with Crippen molar-refractivity contribution in [1.82, 2.24) is 0 Å². The lowest BCUT2D eigenvalue weighted by molar-refractivity contribution is -0.274. The molecule has 14 heavy (non-hydrogen) atoms. The Morgan fingerprint density at radius 3 is 2.64 bits per heavy atom. The van der Waals surface area contributed by atoms with Gasteiger partial charge in [-0.15, -0.1) is 13.2 Å². The number of hydrogen-bond donors (Lipinski definition) is 0. The van der Waals surface area contributed by atoms with E-state index in [1.54, 1.807) is 6.07 Å². The smallest absolute Gasteiger partial charge is 0.464 e. The highest BCUT2D eigenvalue weighted by atomic mass is 19.4. The van der Waals surface area contributed by atoms with E-state index in [1.807, 2.05) is 0 Å². The van der Waals surface area contributed by atoms with E-state index in [9.17, 15) is 13.2 Å². The molecule has 0 atom stereocenters. The Bertz CT molecular complexity index is 444. The van der Waals surface area contributed by atoms with E-state index < -0.39 is 6.36 Å². The predicted octanol–water partition coefficient (Wildman–Crippen LogP) is 3.33. The Hall–Kier alpha value is -1.65. The quantitative estimate of drug-likeness (QED) is 0.707. The van der Waals surface area contributed by atoms with E-state index in [1.165, 1.54) is 24.5 Å². The molecule has 0 radical (unpaired) electrons. The average Bonchev–Trinajstić information content (AvgIpc) is 2.47. The summed E-state index contributed by atoms with van der Waals surface area (Å²) in [7, 11) is 0. The third-order valence-electron chi connectivity index (χ3n) is 1.66. The van der Waals surface area contributed by atoms with Crippen molar-refractivity contribution >= 4 is 11.0 Å². The van der Waals surface area contributed by atoms with E-state index in [0.29, 0.717) is 11.0 Å². The van der Waals surface area contributed by atoms with Gasteiger partial charge in [0.2, 0.25) is 0 Å². The van der Waals surface area contributed by atoms with Crippen LogP contribution in [0.3, 0.4) is 0 Å². The van der Waals surface area contributed by atoms with Gasteiger partial charge in [-0.3, -0.25) is 0 Å². The Balaban J connectivity index is 2.35. The first-order valence-electron chi connectivity index (χ1n) is 3.78. The fourth-order valence-corrected chi connectivity index (χ4v) is 1.14. The van der Waals surface area contributed by atoms with E-state index in [4.69, 9.17) is 4.42 Å². The minimum Gasteiger partial charge on any atom is -0.464 e. The first-order valence-corrected chi connectivity index (χ1v) is 3.78. The molecule has 0 N–H and O–H groups in total. The molecule has 2 nitrogen and oxygen atoms in total. The predicted molar refractivity (Wildman–Crippen MR) is 42.9 cm³/mol. The molecule has 0 fully saturated rings.